The monoisotopic (exact) mass is 304 g/mol. The molecule has 1 aromatic carbocycles. The van der Waals surface area contributed by atoms with E-state index in [1.54, 1.807) is 11.3 Å². The van der Waals surface area contributed by atoms with Gasteiger partial charge >= 0.3 is 6.03 Å². The van der Waals surface area contributed by atoms with E-state index in [-0.39, 0.29) is 6.03 Å². The average Bonchev–Trinajstić information content (AvgIpc) is 2.97. The third-order valence-corrected chi connectivity index (χ3v) is 4.10. The first kappa shape index (κ1) is 15.5. The Morgan fingerprint density at radius 1 is 1.29 bits per heavy atom. The van der Waals surface area contributed by atoms with Crippen LogP contribution in [0.15, 0.2) is 35.0 Å². The fourth-order valence-electron chi connectivity index (χ4n) is 1.95. The van der Waals surface area contributed by atoms with Crippen LogP contribution in [0.4, 0.5) is 10.5 Å². The summed E-state index contributed by atoms with van der Waals surface area (Å²) in [6.45, 7) is 4.47. The van der Waals surface area contributed by atoms with E-state index in [1.165, 1.54) is 5.56 Å². The number of hydrogen-bond donors (Lipinski definition) is 3. The topological polar surface area (TPSA) is 61.4 Å². The highest BCUT2D eigenvalue weighted by Crippen LogP contribution is 2.18. The highest BCUT2D eigenvalue weighted by molar-refractivity contribution is 7.07. The van der Waals surface area contributed by atoms with Gasteiger partial charge in [0.25, 0.3) is 0 Å². The Bertz CT molecular complexity index is 596. The van der Waals surface area contributed by atoms with Gasteiger partial charge < -0.3 is 15.7 Å². The molecule has 1 aromatic heterocycles. The molecule has 1 heterocycles. The van der Waals surface area contributed by atoms with Crippen molar-refractivity contribution in [2.45, 2.75) is 26.4 Å². The zero-order chi connectivity index (χ0) is 15.2. The van der Waals surface area contributed by atoms with Crippen LogP contribution in [0.1, 0.15) is 29.2 Å². The Kier molecular flexibility index (Phi) is 5.36. The molecule has 0 radical (unpaired) electrons. The van der Waals surface area contributed by atoms with Crippen LogP contribution < -0.4 is 10.6 Å². The molecule has 112 valence electrons. The Balaban J connectivity index is 1.76. The Labute approximate surface area is 128 Å². The number of nitrogens with one attached hydrogen (secondary N) is 2. The number of hydrogen-bond acceptors (Lipinski definition) is 3. The minimum Gasteiger partial charge on any atom is -0.388 e. The van der Waals surface area contributed by atoms with Gasteiger partial charge in [-0.25, -0.2) is 4.79 Å². The van der Waals surface area contributed by atoms with Crippen LogP contribution in [0.5, 0.6) is 0 Å². The zero-order valence-corrected chi connectivity index (χ0v) is 13.0. The van der Waals surface area contributed by atoms with Crippen LogP contribution >= 0.6 is 11.3 Å². The smallest absolute Gasteiger partial charge is 0.319 e. The summed E-state index contributed by atoms with van der Waals surface area (Å²) in [4.78, 5) is 11.8. The average molecular weight is 304 g/mol. The summed E-state index contributed by atoms with van der Waals surface area (Å²) >= 11 is 1.55. The quantitative estimate of drug-likeness (QED) is 0.790. The molecule has 2 amide bonds. The molecule has 0 aliphatic carbocycles. The fraction of sp³-hybridized carbons (Fsp3) is 0.312. The summed E-state index contributed by atoms with van der Waals surface area (Å²) in [6, 6.07) is 7.43. The van der Waals surface area contributed by atoms with Crippen molar-refractivity contribution in [2.24, 2.45) is 0 Å². The van der Waals surface area contributed by atoms with Crippen molar-refractivity contribution < 1.29 is 9.90 Å². The highest BCUT2D eigenvalue weighted by Gasteiger charge is 2.08. The van der Waals surface area contributed by atoms with Crippen molar-refractivity contribution in [1.29, 1.82) is 0 Å². The van der Waals surface area contributed by atoms with Gasteiger partial charge in [0.2, 0.25) is 0 Å². The predicted molar refractivity (Wildman–Crippen MR) is 86.8 cm³/mol. The lowest BCUT2D eigenvalue weighted by Crippen LogP contribution is -2.30. The summed E-state index contributed by atoms with van der Waals surface area (Å²) in [7, 11) is 0. The molecule has 0 unspecified atom stereocenters. The maximum atomic E-state index is 11.8. The summed E-state index contributed by atoms with van der Waals surface area (Å²) in [5.41, 5.74) is 4.01. The number of carbonyl (C=O) groups is 1. The molecule has 2 aromatic rings. The van der Waals surface area contributed by atoms with Crippen LogP contribution in [0.25, 0.3) is 0 Å². The molecule has 0 bridgehead atoms. The van der Waals surface area contributed by atoms with E-state index in [9.17, 15) is 9.90 Å². The van der Waals surface area contributed by atoms with Crippen LogP contribution in [0.2, 0.25) is 0 Å². The molecule has 0 aliphatic heterocycles. The number of aliphatic hydroxyl groups is 1. The van der Waals surface area contributed by atoms with E-state index in [0.29, 0.717) is 13.0 Å². The van der Waals surface area contributed by atoms with E-state index in [1.807, 2.05) is 48.9 Å². The third kappa shape index (κ3) is 4.58. The number of anilines is 1. The van der Waals surface area contributed by atoms with Gasteiger partial charge in [0, 0.05) is 12.2 Å². The molecule has 0 saturated carbocycles. The molecule has 0 saturated heterocycles. The maximum absolute atomic E-state index is 11.8. The Hall–Kier alpha value is -1.85. The molecule has 1 atom stereocenters. The van der Waals surface area contributed by atoms with Crippen molar-refractivity contribution in [3.8, 4) is 0 Å². The molecule has 0 fully saturated rings. The molecular weight excluding hydrogens is 284 g/mol. The van der Waals surface area contributed by atoms with Gasteiger partial charge in [-0.3, -0.25) is 0 Å². The number of carbonyl (C=O) groups excluding carboxylic acids is 1. The van der Waals surface area contributed by atoms with Gasteiger partial charge in [0.1, 0.15) is 0 Å². The number of rotatable bonds is 5. The van der Waals surface area contributed by atoms with Gasteiger partial charge in [0.15, 0.2) is 0 Å². The first-order chi connectivity index (χ1) is 10.1. The lowest BCUT2D eigenvalue weighted by atomic mass is 10.1. The summed E-state index contributed by atoms with van der Waals surface area (Å²) in [5, 5.41) is 19.3. The molecule has 5 heteroatoms. The molecule has 0 spiro atoms. The van der Waals surface area contributed by atoms with E-state index < -0.39 is 6.10 Å². The minimum atomic E-state index is -0.529. The summed E-state index contributed by atoms with van der Waals surface area (Å²) < 4.78 is 0. The minimum absolute atomic E-state index is 0.254. The Morgan fingerprint density at radius 2 is 2.10 bits per heavy atom. The first-order valence-electron chi connectivity index (χ1n) is 6.88. The molecule has 0 aliphatic rings. The standard InChI is InChI=1S/C16H20N2O2S/c1-11-3-4-14(9-12(11)2)18-16(20)17-7-5-15(19)13-6-8-21-10-13/h3-4,6,8-10,15,19H,5,7H2,1-2H3,(H2,17,18,20)/t15-/m0/s1. The van der Waals surface area contributed by atoms with Crippen molar-refractivity contribution >= 4 is 23.1 Å². The maximum Gasteiger partial charge on any atom is 0.319 e. The number of thiophene rings is 1. The van der Waals surface area contributed by atoms with Gasteiger partial charge in [-0.1, -0.05) is 6.07 Å². The Morgan fingerprint density at radius 3 is 2.76 bits per heavy atom. The number of aliphatic hydroxyl groups excluding tert-OH is 1. The van der Waals surface area contributed by atoms with E-state index >= 15 is 0 Å². The molecule has 21 heavy (non-hydrogen) atoms. The SMILES string of the molecule is Cc1ccc(NC(=O)NCC[C@H](O)c2ccsc2)cc1C. The fourth-order valence-corrected chi connectivity index (χ4v) is 2.66. The molecule has 3 N–H and O–H groups in total. The lowest BCUT2D eigenvalue weighted by Gasteiger charge is -2.11. The first-order valence-corrected chi connectivity index (χ1v) is 7.83. The van der Waals surface area contributed by atoms with Crippen LogP contribution in [-0.4, -0.2) is 17.7 Å². The van der Waals surface area contributed by atoms with E-state index in [4.69, 9.17) is 0 Å². The van der Waals surface area contributed by atoms with Crippen molar-refractivity contribution in [2.75, 3.05) is 11.9 Å². The number of urea groups is 1. The summed E-state index contributed by atoms with van der Waals surface area (Å²) in [5.74, 6) is 0. The molecule has 4 nitrogen and oxygen atoms in total. The van der Waals surface area contributed by atoms with Crippen LogP contribution in [0.3, 0.4) is 0 Å². The third-order valence-electron chi connectivity index (χ3n) is 3.40. The molecular formula is C16H20N2O2S. The second kappa shape index (κ2) is 7.24. The second-order valence-corrected chi connectivity index (χ2v) is 5.82. The van der Waals surface area contributed by atoms with Gasteiger partial charge in [0.05, 0.1) is 6.10 Å². The largest absolute Gasteiger partial charge is 0.388 e. The summed E-state index contributed by atoms with van der Waals surface area (Å²) in [6.07, 6.45) is -0.0324. The predicted octanol–water partition coefficient (Wildman–Crippen LogP) is 3.61. The zero-order valence-electron chi connectivity index (χ0n) is 12.2. The normalized spacial score (nSPS) is 12.0. The van der Waals surface area contributed by atoms with Crippen LogP contribution in [-0.2, 0) is 0 Å². The van der Waals surface area contributed by atoms with Gasteiger partial charge in [-0.2, -0.15) is 11.3 Å². The number of amides is 2. The van der Waals surface area contributed by atoms with Crippen LogP contribution in [0, 0.1) is 13.8 Å². The highest BCUT2D eigenvalue weighted by atomic mass is 32.1. The van der Waals surface area contributed by atoms with Gasteiger partial charge in [-0.15, -0.1) is 0 Å². The van der Waals surface area contributed by atoms with Crippen molar-refractivity contribution in [3.05, 3.63) is 51.7 Å². The van der Waals surface area contributed by atoms with E-state index in [2.05, 4.69) is 10.6 Å². The van der Waals surface area contributed by atoms with Gasteiger partial charge in [-0.05, 0) is 65.9 Å². The second-order valence-electron chi connectivity index (χ2n) is 5.04. The van der Waals surface area contributed by atoms with E-state index in [0.717, 1.165) is 16.8 Å². The van der Waals surface area contributed by atoms with Crippen molar-refractivity contribution in [1.82, 2.24) is 5.32 Å². The van der Waals surface area contributed by atoms with Crippen molar-refractivity contribution in [3.63, 3.8) is 0 Å². The number of aryl methyl sites for hydroxylation is 2. The number of benzene rings is 1. The molecule has 2 rings (SSSR count). The lowest BCUT2D eigenvalue weighted by molar-refractivity contribution is 0.168.